The fraction of sp³-hybridized carbons (Fsp3) is 0.200. The van der Waals surface area contributed by atoms with Gasteiger partial charge in [0.15, 0.2) is 5.65 Å². The number of aromatic nitrogens is 3. The highest BCUT2D eigenvalue weighted by atomic mass is 79.9. The molecule has 2 heterocycles. The van der Waals surface area contributed by atoms with Crippen LogP contribution >= 0.6 is 15.9 Å². The first-order valence-corrected chi connectivity index (χ1v) is 7.55. The predicted octanol–water partition coefficient (Wildman–Crippen LogP) is 3.45. The highest BCUT2D eigenvalue weighted by molar-refractivity contribution is 9.10. The minimum atomic E-state index is -0.199. The number of rotatable bonds is 3. The lowest BCUT2D eigenvalue weighted by molar-refractivity contribution is 0.461. The van der Waals surface area contributed by atoms with Crippen LogP contribution in [0, 0.1) is 0 Å². The molecule has 6 heteroatoms. The second-order valence-electron chi connectivity index (χ2n) is 5.12. The quantitative estimate of drug-likeness (QED) is 0.790. The van der Waals surface area contributed by atoms with Crippen LogP contribution in [0.5, 0.6) is 11.5 Å². The zero-order valence-corrected chi connectivity index (χ0v) is 12.6. The molecular formula is C15H12BrN3O2. The third kappa shape index (κ3) is 2.25. The van der Waals surface area contributed by atoms with E-state index in [0.29, 0.717) is 23.1 Å². The Morgan fingerprint density at radius 2 is 2.00 bits per heavy atom. The molecule has 0 amide bonds. The van der Waals surface area contributed by atoms with Crippen LogP contribution in [0.25, 0.3) is 5.65 Å². The van der Waals surface area contributed by atoms with Gasteiger partial charge in [0.05, 0.1) is 5.69 Å². The van der Waals surface area contributed by atoms with Crippen LogP contribution in [0.2, 0.25) is 0 Å². The molecule has 0 spiro atoms. The molecule has 0 unspecified atom stereocenters. The molecule has 1 fully saturated rings. The Morgan fingerprint density at radius 3 is 2.71 bits per heavy atom. The summed E-state index contributed by atoms with van der Waals surface area (Å²) in [6.45, 7) is 0. The largest absolute Gasteiger partial charge is 0.450 e. The lowest BCUT2D eigenvalue weighted by Crippen LogP contribution is -2.19. The van der Waals surface area contributed by atoms with Crippen LogP contribution < -0.4 is 10.3 Å². The van der Waals surface area contributed by atoms with Crippen LogP contribution in [-0.4, -0.2) is 14.6 Å². The van der Waals surface area contributed by atoms with Gasteiger partial charge in [0, 0.05) is 22.7 Å². The Kier molecular flexibility index (Phi) is 2.85. The fourth-order valence-corrected chi connectivity index (χ4v) is 2.58. The fourth-order valence-electron chi connectivity index (χ4n) is 2.31. The SMILES string of the molecule is O=c1c(Oc2ccc(Br)cc2)c(C2CC2)nc2cc[nH]n12. The summed E-state index contributed by atoms with van der Waals surface area (Å²) in [5.41, 5.74) is 1.20. The second kappa shape index (κ2) is 4.73. The molecule has 1 aromatic carbocycles. The molecule has 0 radical (unpaired) electrons. The summed E-state index contributed by atoms with van der Waals surface area (Å²) in [5.74, 6) is 1.29. The van der Waals surface area contributed by atoms with E-state index in [1.165, 1.54) is 4.52 Å². The minimum absolute atomic E-state index is 0.199. The maximum Gasteiger partial charge on any atom is 0.315 e. The summed E-state index contributed by atoms with van der Waals surface area (Å²) in [7, 11) is 0. The standard InChI is InChI=1S/C15H12BrN3O2/c16-10-3-5-11(6-4-10)21-14-13(9-1-2-9)18-12-7-8-17-19(12)15(14)20/h3-9,17H,1-2H2. The van der Waals surface area contributed by atoms with Gasteiger partial charge in [0.1, 0.15) is 5.75 Å². The summed E-state index contributed by atoms with van der Waals surface area (Å²) in [5, 5.41) is 2.86. The molecule has 4 rings (SSSR count). The van der Waals surface area contributed by atoms with Crippen LogP contribution in [-0.2, 0) is 0 Å². The van der Waals surface area contributed by atoms with Crippen molar-refractivity contribution >= 4 is 21.6 Å². The Labute approximate surface area is 128 Å². The van der Waals surface area contributed by atoms with Gasteiger partial charge < -0.3 is 4.74 Å². The molecule has 1 aliphatic carbocycles. The molecule has 21 heavy (non-hydrogen) atoms. The van der Waals surface area contributed by atoms with E-state index in [2.05, 4.69) is 26.0 Å². The number of fused-ring (bicyclic) bond motifs is 1. The molecule has 1 N–H and O–H groups in total. The van der Waals surface area contributed by atoms with Crippen molar-refractivity contribution in [2.75, 3.05) is 0 Å². The molecule has 5 nitrogen and oxygen atoms in total. The van der Waals surface area contributed by atoms with E-state index in [-0.39, 0.29) is 5.56 Å². The van der Waals surface area contributed by atoms with Gasteiger partial charge in [-0.1, -0.05) is 15.9 Å². The number of benzene rings is 1. The number of hydrogen-bond donors (Lipinski definition) is 1. The minimum Gasteiger partial charge on any atom is -0.450 e. The molecule has 0 saturated heterocycles. The number of aromatic amines is 1. The van der Waals surface area contributed by atoms with Crippen molar-refractivity contribution < 1.29 is 4.74 Å². The Balaban J connectivity index is 1.85. The Morgan fingerprint density at radius 1 is 1.24 bits per heavy atom. The molecular weight excluding hydrogens is 334 g/mol. The van der Waals surface area contributed by atoms with Crippen molar-refractivity contribution in [1.82, 2.24) is 14.6 Å². The van der Waals surface area contributed by atoms with Gasteiger partial charge in [-0.25, -0.2) is 4.98 Å². The number of halogens is 1. The summed E-state index contributed by atoms with van der Waals surface area (Å²) in [6.07, 6.45) is 3.82. The van der Waals surface area contributed by atoms with Crippen molar-refractivity contribution in [1.29, 1.82) is 0 Å². The van der Waals surface area contributed by atoms with E-state index < -0.39 is 0 Å². The van der Waals surface area contributed by atoms with Crippen molar-refractivity contribution in [2.24, 2.45) is 0 Å². The first-order chi connectivity index (χ1) is 10.2. The van der Waals surface area contributed by atoms with Gasteiger partial charge in [-0.2, -0.15) is 4.52 Å². The maximum atomic E-state index is 12.6. The van der Waals surface area contributed by atoms with Crippen LogP contribution in [0.15, 0.2) is 45.8 Å². The highest BCUT2D eigenvalue weighted by Gasteiger charge is 2.31. The zero-order valence-electron chi connectivity index (χ0n) is 11.0. The first kappa shape index (κ1) is 12.6. The van der Waals surface area contributed by atoms with Gasteiger partial charge >= 0.3 is 5.56 Å². The number of nitrogens with zero attached hydrogens (tertiary/aromatic N) is 2. The van der Waals surface area contributed by atoms with Gasteiger partial charge in [0.2, 0.25) is 5.75 Å². The Bertz CT molecular complexity index is 863. The smallest absolute Gasteiger partial charge is 0.315 e. The monoisotopic (exact) mass is 345 g/mol. The van der Waals surface area contributed by atoms with Crippen LogP contribution in [0.1, 0.15) is 24.5 Å². The maximum absolute atomic E-state index is 12.6. The van der Waals surface area contributed by atoms with E-state index in [1.54, 1.807) is 12.3 Å². The molecule has 2 aromatic heterocycles. The average molecular weight is 346 g/mol. The van der Waals surface area contributed by atoms with Gasteiger partial charge in [-0.3, -0.25) is 9.89 Å². The molecule has 0 bridgehead atoms. The Hall–Kier alpha value is -2.08. The first-order valence-electron chi connectivity index (χ1n) is 6.76. The van der Waals surface area contributed by atoms with E-state index in [0.717, 1.165) is 23.0 Å². The number of hydrogen-bond acceptors (Lipinski definition) is 3. The summed E-state index contributed by atoms with van der Waals surface area (Å²) < 4.78 is 8.21. The number of ether oxygens (including phenoxy) is 1. The van der Waals surface area contributed by atoms with E-state index in [1.807, 2.05) is 24.3 Å². The third-order valence-electron chi connectivity index (χ3n) is 3.53. The zero-order chi connectivity index (χ0) is 14.4. The van der Waals surface area contributed by atoms with Crippen molar-refractivity contribution in [2.45, 2.75) is 18.8 Å². The lowest BCUT2D eigenvalue weighted by Gasteiger charge is -2.10. The predicted molar refractivity (Wildman–Crippen MR) is 82.0 cm³/mol. The van der Waals surface area contributed by atoms with Crippen LogP contribution in [0.3, 0.4) is 0 Å². The van der Waals surface area contributed by atoms with Gasteiger partial charge in [0.25, 0.3) is 0 Å². The van der Waals surface area contributed by atoms with Crippen LogP contribution in [0.4, 0.5) is 0 Å². The van der Waals surface area contributed by atoms with Crippen molar-refractivity contribution in [3.05, 3.63) is 57.0 Å². The normalized spacial score (nSPS) is 14.5. The van der Waals surface area contributed by atoms with Gasteiger partial charge in [-0.05, 0) is 37.1 Å². The molecule has 106 valence electrons. The van der Waals surface area contributed by atoms with E-state index >= 15 is 0 Å². The number of nitrogens with one attached hydrogen (secondary N) is 1. The van der Waals surface area contributed by atoms with Crippen molar-refractivity contribution in [3.63, 3.8) is 0 Å². The molecule has 3 aromatic rings. The summed E-state index contributed by atoms with van der Waals surface area (Å²) in [4.78, 5) is 17.1. The van der Waals surface area contributed by atoms with Gasteiger partial charge in [-0.15, -0.1) is 0 Å². The lowest BCUT2D eigenvalue weighted by atomic mass is 10.2. The second-order valence-corrected chi connectivity index (χ2v) is 6.03. The molecule has 0 atom stereocenters. The summed E-state index contributed by atoms with van der Waals surface area (Å²) in [6, 6.07) is 9.19. The van der Waals surface area contributed by atoms with Crippen molar-refractivity contribution in [3.8, 4) is 11.5 Å². The highest BCUT2D eigenvalue weighted by Crippen LogP contribution is 2.43. The number of H-pyrrole nitrogens is 1. The molecule has 0 aliphatic heterocycles. The summed E-state index contributed by atoms with van der Waals surface area (Å²) >= 11 is 3.38. The van der Waals surface area contributed by atoms with E-state index in [9.17, 15) is 4.79 Å². The van der Waals surface area contributed by atoms with E-state index in [4.69, 9.17) is 4.74 Å². The topological polar surface area (TPSA) is 59.4 Å². The molecule has 1 saturated carbocycles. The molecule has 1 aliphatic rings. The average Bonchev–Trinajstić information content (AvgIpc) is 3.22. The third-order valence-corrected chi connectivity index (χ3v) is 4.06.